The summed E-state index contributed by atoms with van der Waals surface area (Å²) in [4.78, 5) is 16.6. The minimum Gasteiger partial charge on any atom is -0.416 e. The van der Waals surface area contributed by atoms with Crippen LogP contribution in [-0.2, 0) is 0 Å². The summed E-state index contributed by atoms with van der Waals surface area (Å²) in [6.07, 6.45) is 2.97. The van der Waals surface area contributed by atoms with E-state index in [-0.39, 0.29) is 11.4 Å². The highest BCUT2D eigenvalue weighted by atomic mass is 79.9. The smallest absolute Gasteiger partial charge is 0.388 e. The minimum atomic E-state index is -2.83. The molecule has 0 atom stereocenters. The van der Waals surface area contributed by atoms with Crippen molar-refractivity contribution in [2.75, 3.05) is 0 Å². The number of nitrogens with one attached hydrogen (secondary N) is 1. The number of hydrogen-bond acceptors (Lipinski definition) is 3. The molecule has 0 amide bonds. The minimum absolute atomic E-state index is 0.0903. The summed E-state index contributed by atoms with van der Waals surface area (Å²) in [6.45, 7) is -2.83. The van der Waals surface area contributed by atoms with Crippen molar-refractivity contribution in [1.82, 2.24) is 9.97 Å². The quantitative estimate of drug-likeness (QED) is 0.842. The predicted molar refractivity (Wildman–Crippen MR) is 73.3 cm³/mol. The fourth-order valence-corrected chi connectivity index (χ4v) is 1.56. The van der Waals surface area contributed by atoms with Gasteiger partial charge in [-0.25, -0.2) is 4.98 Å². The van der Waals surface area contributed by atoms with Gasteiger partial charge in [0.25, 0.3) is 5.56 Å². The van der Waals surface area contributed by atoms with Crippen molar-refractivity contribution in [1.29, 1.82) is 0 Å². The van der Waals surface area contributed by atoms with E-state index in [1.165, 1.54) is 6.20 Å². The second kappa shape index (κ2) is 8.00. The molecule has 0 aliphatic rings. The van der Waals surface area contributed by atoms with Crippen molar-refractivity contribution >= 4 is 31.9 Å². The van der Waals surface area contributed by atoms with Gasteiger partial charge in [-0.2, -0.15) is 8.78 Å². The number of aromatic nitrogens is 2. The van der Waals surface area contributed by atoms with Crippen molar-refractivity contribution in [2.45, 2.75) is 6.61 Å². The van der Waals surface area contributed by atoms with Crippen molar-refractivity contribution < 1.29 is 13.5 Å². The van der Waals surface area contributed by atoms with E-state index < -0.39 is 6.61 Å². The number of ether oxygens (including phenoxy) is 1. The largest absolute Gasteiger partial charge is 0.416 e. The normalized spacial score (nSPS) is 9.74. The van der Waals surface area contributed by atoms with Gasteiger partial charge in [-0.15, -0.1) is 0 Å². The van der Waals surface area contributed by atoms with Gasteiger partial charge in [0.1, 0.15) is 0 Å². The van der Waals surface area contributed by atoms with Crippen LogP contribution in [0.3, 0.4) is 0 Å². The van der Waals surface area contributed by atoms with Crippen molar-refractivity contribution in [3.05, 3.63) is 56.0 Å². The van der Waals surface area contributed by atoms with Gasteiger partial charge in [0.05, 0.1) is 8.95 Å². The number of rotatable bonds is 2. The molecule has 0 saturated heterocycles. The van der Waals surface area contributed by atoms with Crippen LogP contribution in [0.1, 0.15) is 0 Å². The number of alkyl halides is 2. The topological polar surface area (TPSA) is 55.0 Å². The van der Waals surface area contributed by atoms with Crippen LogP contribution >= 0.6 is 31.9 Å². The molecule has 0 fully saturated rings. The molecule has 2 aromatic rings. The highest BCUT2D eigenvalue weighted by Gasteiger charge is 2.07. The third kappa shape index (κ3) is 5.93. The molecule has 2 heterocycles. The van der Waals surface area contributed by atoms with Crippen molar-refractivity contribution in [3.8, 4) is 5.88 Å². The van der Waals surface area contributed by atoms with Crippen LogP contribution in [0.2, 0.25) is 0 Å². The van der Waals surface area contributed by atoms with Gasteiger partial charge in [-0.1, -0.05) is 0 Å². The lowest BCUT2D eigenvalue weighted by molar-refractivity contribution is -0.0533. The molecule has 0 aliphatic carbocycles. The van der Waals surface area contributed by atoms with Crippen molar-refractivity contribution in [2.24, 2.45) is 0 Å². The molecule has 102 valence electrons. The Kier molecular flexibility index (Phi) is 6.65. The van der Waals surface area contributed by atoms with Crippen molar-refractivity contribution in [3.63, 3.8) is 0 Å². The molecule has 0 radical (unpaired) electrons. The molecule has 2 aromatic heterocycles. The molecule has 2 rings (SSSR count). The van der Waals surface area contributed by atoms with E-state index in [2.05, 4.69) is 46.6 Å². The van der Waals surface area contributed by atoms with Crippen LogP contribution in [0.15, 0.2) is 50.4 Å². The average molecular weight is 398 g/mol. The molecule has 0 saturated carbocycles. The highest BCUT2D eigenvalue weighted by molar-refractivity contribution is 9.10. The van der Waals surface area contributed by atoms with E-state index in [9.17, 15) is 13.6 Å². The fourth-order valence-electron chi connectivity index (χ4n) is 0.943. The highest BCUT2D eigenvalue weighted by Crippen LogP contribution is 2.22. The Morgan fingerprint density at radius 2 is 1.89 bits per heavy atom. The average Bonchev–Trinajstić information content (AvgIpc) is 2.36. The number of H-pyrrole nitrogens is 1. The Morgan fingerprint density at radius 1 is 1.21 bits per heavy atom. The number of pyridine rings is 2. The Bertz CT molecular complexity index is 578. The zero-order valence-electron chi connectivity index (χ0n) is 9.32. The molecular formula is C11H8Br2F2N2O2. The summed E-state index contributed by atoms with van der Waals surface area (Å²) in [5.41, 5.74) is -0.0903. The maximum Gasteiger partial charge on any atom is 0.388 e. The molecule has 0 bridgehead atoms. The lowest BCUT2D eigenvalue weighted by atomic mass is 10.5. The summed E-state index contributed by atoms with van der Waals surface area (Å²) in [6, 6.07) is 6.64. The van der Waals surface area contributed by atoms with Gasteiger partial charge < -0.3 is 9.72 Å². The first-order valence-corrected chi connectivity index (χ1v) is 6.48. The van der Waals surface area contributed by atoms with E-state index in [0.717, 1.165) is 0 Å². The Labute approximate surface area is 124 Å². The first-order valence-electron chi connectivity index (χ1n) is 4.89. The standard InChI is InChI=1S/C6H4BrF2NO.C5H4BrNO/c7-4-2-1-3-10-5(4)11-6(8)9;6-4-2-1-3-7-5(4)8/h1-3,6H;1-3H,(H,7,8). The fraction of sp³-hybridized carbons (Fsp3) is 0.0909. The number of nitrogens with zero attached hydrogens (tertiary/aromatic N) is 1. The van der Waals surface area contributed by atoms with Gasteiger partial charge in [0.15, 0.2) is 0 Å². The molecule has 4 nitrogen and oxygen atoms in total. The second-order valence-corrected chi connectivity index (χ2v) is 4.72. The summed E-state index contributed by atoms with van der Waals surface area (Å²) in [5, 5.41) is 0. The Morgan fingerprint density at radius 3 is 2.37 bits per heavy atom. The summed E-state index contributed by atoms with van der Waals surface area (Å²) in [5.74, 6) is -0.0949. The lowest BCUT2D eigenvalue weighted by Crippen LogP contribution is -2.03. The Balaban J connectivity index is 0.000000200. The third-order valence-electron chi connectivity index (χ3n) is 1.70. The molecule has 19 heavy (non-hydrogen) atoms. The van der Waals surface area contributed by atoms with E-state index in [1.807, 2.05) is 0 Å². The lowest BCUT2D eigenvalue weighted by Gasteiger charge is -2.03. The van der Waals surface area contributed by atoms with E-state index in [0.29, 0.717) is 8.95 Å². The van der Waals surface area contributed by atoms with Crippen LogP contribution in [-0.4, -0.2) is 16.6 Å². The predicted octanol–water partition coefficient (Wildman–Crippen LogP) is 3.58. The summed E-state index contributed by atoms with van der Waals surface area (Å²) >= 11 is 6.06. The van der Waals surface area contributed by atoms with Crippen LogP contribution in [0, 0.1) is 0 Å². The van der Waals surface area contributed by atoms with Gasteiger partial charge in [-0.3, -0.25) is 4.79 Å². The molecule has 8 heteroatoms. The maximum atomic E-state index is 11.6. The van der Waals surface area contributed by atoms with Gasteiger partial charge in [0, 0.05) is 12.4 Å². The third-order valence-corrected chi connectivity index (χ3v) is 2.92. The number of hydrogen-bond donors (Lipinski definition) is 1. The second-order valence-electron chi connectivity index (χ2n) is 3.02. The zero-order chi connectivity index (χ0) is 14.3. The number of halogens is 4. The van der Waals surface area contributed by atoms with Gasteiger partial charge in [-0.05, 0) is 56.1 Å². The summed E-state index contributed by atoms with van der Waals surface area (Å²) < 4.78 is 28.3. The Hall–Kier alpha value is -1.28. The van der Waals surface area contributed by atoms with E-state index in [4.69, 9.17) is 0 Å². The first kappa shape index (κ1) is 15.8. The van der Waals surface area contributed by atoms with E-state index in [1.54, 1.807) is 30.5 Å². The van der Waals surface area contributed by atoms with Crippen LogP contribution in [0.4, 0.5) is 8.78 Å². The molecule has 0 aromatic carbocycles. The number of aromatic amines is 1. The molecule has 0 unspecified atom stereocenters. The molecular weight excluding hydrogens is 390 g/mol. The SMILES string of the molecule is FC(F)Oc1ncccc1Br.O=c1[nH]cccc1Br. The summed E-state index contributed by atoms with van der Waals surface area (Å²) in [7, 11) is 0. The molecule has 0 spiro atoms. The maximum absolute atomic E-state index is 11.6. The molecule has 0 aliphatic heterocycles. The van der Waals surface area contributed by atoms with E-state index >= 15 is 0 Å². The van der Waals surface area contributed by atoms with Crippen LogP contribution < -0.4 is 10.3 Å². The first-order chi connectivity index (χ1) is 9.00. The zero-order valence-corrected chi connectivity index (χ0v) is 12.5. The monoisotopic (exact) mass is 396 g/mol. The molecule has 1 N–H and O–H groups in total. The van der Waals surface area contributed by atoms with Gasteiger partial charge >= 0.3 is 6.61 Å². The van der Waals surface area contributed by atoms with Gasteiger partial charge in [0.2, 0.25) is 5.88 Å². The van der Waals surface area contributed by atoms with Crippen LogP contribution in [0.5, 0.6) is 5.88 Å². The van der Waals surface area contributed by atoms with Crippen LogP contribution in [0.25, 0.3) is 0 Å².